The predicted octanol–water partition coefficient (Wildman–Crippen LogP) is 3.40. The van der Waals surface area contributed by atoms with E-state index >= 15 is 0 Å². The Kier molecular flexibility index (Phi) is 6.53. The van der Waals surface area contributed by atoms with Crippen molar-refractivity contribution in [1.82, 2.24) is 10.6 Å². The van der Waals surface area contributed by atoms with Gasteiger partial charge in [-0.25, -0.2) is 0 Å². The van der Waals surface area contributed by atoms with Crippen LogP contribution in [-0.2, 0) is 11.3 Å². The highest BCUT2D eigenvalue weighted by Crippen LogP contribution is 2.26. The number of carbonyl (C=O) groups is 1. The number of rotatable bonds is 7. The molecular formula is C20H30N2O2. The first kappa shape index (κ1) is 17.3. The molecule has 132 valence electrons. The second-order valence-electron chi connectivity index (χ2n) is 7.14. The van der Waals surface area contributed by atoms with Crippen LogP contribution < -0.4 is 15.4 Å². The van der Waals surface area contributed by atoms with Crippen molar-refractivity contribution in [2.45, 2.75) is 64.0 Å². The molecule has 1 aromatic carbocycles. The minimum absolute atomic E-state index is 0.157. The molecule has 1 aliphatic carbocycles. The molecule has 0 unspecified atom stereocenters. The van der Waals surface area contributed by atoms with E-state index in [1.807, 2.05) is 18.2 Å². The highest BCUT2D eigenvalue weighted by Gasteiger charge is 2.18. The first-order chi connectivity index (χ1) is 11.8. The maximum Gasteiger partial charge on any atom is 0.220 e. The number of amides is 1. The molecule has 1 aromatic rings. The molecule has 1 saturated heterocycles. The van der Waals surface area contributed by atoms with Gasteiger partial charge in [0.05, 0.1) is 6.10 Å². The van der Waals surface area contributed by atoms with Gasteiger partial charge in [-0.2, -0.15) is 0 Å². The van der Waals surface area contributed by atoms with Crippen LogP contribution in [0, 0.1) is 5.92 Å². The lowest BCUT2D eigenvalue weighted by Crippen LogP contribution is -2.29. The van der Waals surface area contributed by atoms with Crippen LogP contribution in [0.15, 0.2) is 24.3 Å². The normalized spacial score (nSPS) is 19.3. The second kappa shape index (κ2) is 9.07. The molecule has 4 nitrogen and oxygen atoms in total. The van der Waals surface area contributed by atoms with Crippen molar-refractivity contribution in [3.63, 3.8) is 0 Å². The summed E-state index contributed by atoms with van der Waals surface area (Å²) in [5.74, 6) is 1.79. The Morgan fingerprint density at radius 1 is 1.12 bits per heavy atom. The topological polar surface area (TPSA) is 50.4 Å². The molecule has 1 saturated carbocycles. The van der Waals surface area contributed by atoms with Crippen molar-refractivity contribution in [2.75, 3.05) is 13.1 Å². The molecule has 1 heterocycles. The van der Waals surface area contributed by atoms with E-state index in [9.17, 15) is 4.79 Å². The summed E-state index contributed by atoms with van der Waals surface area (Å²) in [4.78, 5) is 12.1. The van der Waals surface area contributed by atoms with E-state index in [4.69, 9.17) is 4.74 Å². The molecule has 0 atom stereocenters. The van der Waals surface area contributed by atoms with Crippen LogP contribution in [0.1, 0.15) is 56.9 Å². The number of hydrogen-bond donors (Lipinski definition) is 2. The first-order valence-electron chi connectivity index (χ1n) is 9.53. The Hall–Kier alpha value is -1.55. The smallest absolute Gasteiger partial charge is 0.220 e. The second-order valence-corrected chi connectivity index (χ2v) is 7.14. The Labute approximate surface area is 145 Å². The highest BCUT2D eigenvalue weighted by atomic mass is 16.5. The molecule has 1 aliphatic heterocycles. The van der Waals surface area contributed by atoms with Gasteiger partial charge in [0.1, 0.15) is 5.75 Å². The molecule has 3 rings (SSSR count). The third-order valence-corrected chi connectivity index (χ3v) is 5.28. The maximum atomic E-state index is 12.1. The van der Waals surface area contributed by atoms with E-state index < -0.39 is 0 Å². The molecule has 4 heteroatoms. The van der Waals surface area contributed by atoms with Crippen LogP contribution >= 0.6 is 0 Å². The van der Waals surface area contributed by atoms with E-state index in [0.717, 1.165) is 43.7 Å². The third-order valence-electron chi connectivity index (χ3n) is 5.28. The zero-order valence-corrected chi connectivity index (χ0v) is 14.6. The summed E-state index contributed by atoms with van der Waals surface area (Å²) in [6.07, 6.45) is 9.22. The van der Waals surface area contributed by atoms with E-state index in [0.29, 0.717) is 25.0 Å². The predicted molar refractivity (Wildman–Crippen MR) is 96.0 cm³/mol. The van der Waals surface area contributed by atoms with E-state index in [2.05, 4.69) is 16.7 Å². The number of para-hydroxylation sites is 1. The summed E-state index contributed by atoms with van der Waals surface area (Å²) in [7, 11) is 0. The van der Waals surface area contributed by atoms with Gasteiger partial charge in [0, 0.05) is 18.5 Å². The van der Waals surface area contributed by atoms with Crippen molar-refractivity contribution in [3.05, 3.63) is 29.8 Å². The monoisotopic (exact) mass is 330 g/mol. The van der Waals surface area contributed by atoms with Gasteiger partial charge in [-0.15, -0.1) is 0 Å². The first-order valence-corrected chi connectivity index (χ1v) is 9.53. The quantitative estimate of drug-likeness (QED) is 0.805. The zero-order valence-electron chi connectivity index (χ0n) is 14.6. The summed E-state index contributed by atoms with van der Waals surface area (Å²) in [5, 5.41) is 6.44. The standard InChI is InChI=1S/C20H30N2O2/c23-20(10-9-16-11-13-21-14-12-16)22-15-17-5-1-4-8-19(17)24-18-6-2-3-7-18/h1,4-5,8,16,18,21H,2-3,6-7,9-15H2,(H,22,23). The van der Waals surface area contributed by atoms with E-state index in [1.54, 1.807) is 0 Å². The van der Waals surface area contributed by atoms with Crippen molar-refractivity contribution in [1.29, 1.82) is 0 Å². The molecule has 0 radical (unpaired) electrons. The lowest BCUT2D eigenvalue weighted by molar-refractivity contribution is -0.121. The van der Waals surface area contributed by atoms with E-state index in [1.165, 1.54) is 25.7 Å². The molecule has 1 amide bonds. The maximum absolute atomic E-state index is 12.1. The Morgan fingerprint density at radius 2 is 1.88 bits per heavy atom. The van der Waals surface area contributed by atoms with Crippen molar-refractivity contribution < 1.29 is 9.53 Å². The van der Waals surface area contributed by atoms with E-state index in [-0.39, 0.29) is 5.91 Å². The summed E-state index contributed by atoms with van der Waals surface area (Å²) in [6, 6.07) is 8.09. The Balaban J connectivity index is 1.44. The van der Waals surface area contributed by atoms with Crippen LogP contribution in [0.2, 0.25) is 0 Å². The van der Waals surface area contributed by atoms with Gasteiger partial charge in [0.15, 0.2) is 0 Å². The van der Waals surface area contributed by atoms with Crippen LogP contribution in [-0.4, -0.2) is 25.1 Å². The Morgan fingerprint density at radius 3 is 2.67 bits per heavy atom. The van der Waals surface area contributed by atoms with Gasteiger partial charge in [-0.1, -0.05) is 18.2 Å². The number of carbonyl (C=O) groups excluding carboxylic acids is 1. The fraction of sp³-hybridized carbons (Fsp3) is 0.650. The van der Waals surface area contributed by atoms with Crippen LogP contribution in [0.3, 0.4) is 0 Å². The molecule has 2 aliphatic rings. The van der Waals surface area contributed by atoms with Crippen LogP contribution in [0.4, 0.5) is 0 Å². The SMILES string of the molecule is O=C(CCC1CCNCC1)NCc1ccccc1OC1CCCC1. The molecule has 2 fully saturated rings. The number of ether oxygens (including phenoxy) is 1. The summed E-state index contributed by atoms with van der Waals surface area (Å²) >= 11 is 0. The van der Waals surface area contributed by atoms with Gasteiger partial charge >= 0.3 is 0 Å². The zero-order chi connectivity index (χ0) is 16.6. The third kappa shape index (κ3) is 5.23. The minimum Gasteiger partial charge on any atom is -0.490 e. The lowest BCUT2D eigenvalue weighted by atomic mass is 9.93. The molecule has 0 aromatic heterocycles. The van der Waals surface area contributed by atoms with Crippen molar-refractivity contribution >= 4 is 5.91 Å². The van der Waals surface area contributed by atoms with Gasteiger partial charge in [0.2, 0.25) is 5.91 Å². The number of piperidine rings is 1. The minimum atomic E-state index is 0.157. The fourth-order valence-electron chi connectivity index (χ4n) is 3.74. The average molecular weight is 330 g/mol. The average Bonchev–Trinajstić information content (AvgIpc) is 3.13. The van der Waals surface area contributed by atoms with Gasteiger partial charge in [-0.05, 0) is 70.0 Å². The van der Waals surface area contributed by atoms with Crippen molar-refractivity contribution in [3.8, 4) is 5.75 Å². The molecule has 0 bridgehead atoms. The Bertz CT molecular complexity index is 520. The van der Waals surface area contributed by atoms with Gasteiger partial charge < -0.3 is 15.4 Å². The summed E-state index contributed by atoms with van der Waals surface area (Å²) in [6.45, 7) is 2.75. The van der Waals surface area contributed by atoms with Crippen LogP contribution in [0.5, 0.6) is 5.75 Å². The largest absolute Gasteiger partial charge is 0.490 e. The fourth-order valence-corrected chi connectivity index (χ4v) is 3.74. The highest BCUT2D eigenvalue weighted by molar-refractivity contribution is 5.75. The summed E-state index contributed by atoms with van der Waals surface area (Å²) < 4.78 is 6.14. The summed E-state index contributed by atoms with van der Waals surface area (Å²) in [5.41, 5.74) is 1.08. The number of benzene rings is 1. The number of nitrogens with one attached hydrogen (secondary N) is 2. The molecule has 0 spiro atoms. The lowest BCUT2D eigenvalue weighted by Gasteiger charge is -2.22. The number of hydrogen-bond acceptors (Lipinski definition) is 3. The molecule has 24 heavy (non-hydrogen) atoms. The van der Waals surface area contributed by atoms with Crippen LogP contribution in [0.25, 0.3) is 0 Å². The van der Waals surface area contributed by atoms with Crippen molar-refractivity contribution in [2.24, 2.45) is 5.92 Å². The van der Waals surface area contributed by atoms with Gasteiger partial charge in [0.25, 0.3) is 0 Å². The van der Waals surface area contributed by atoms with Gasteiger partial charge in [-0.3, -0.25) is 4.79 Å². The molecular weight excluding hydrogens is 300 g/mol. The molecule has 2 N–H and O–H groups in total.